The Morgan fingerprint density at radius 1 is 1.33 bits per heavy atom. The molecule has 0 atom stereocenters. The van der Waals surface area contributed by atoms with Crippen LogP contribution in [0.1, 0.15) is 11.1 Å². The number of benzene rings is 2. The largest absolute Gasteiger partial charge is 0.504 e. The molecule has 10 nitrogen and oxygen atoms in total. The van der Waals surface area contributed by atoms with E-state index in [0.717, 1.165) is 18.3 Å². The van der Waals surface area contributed by atoms with Gasteiger partial charge in [0.2, 0.25) is 0 Å². The number of hydrogen-bond acceptors (Lipinski definition) is 8. The zero-order chi connectivity index (χ0) is 19.8. The highest BCUT2D eigenvalue weighted by molar-refractivity contribution is 7.90. The molecule has 1 heterocycles. The molecule has 0 radical (unpaired) electrons. The first kappa shape index (κ1) is 18.3. The van der Waals surface area contributed by atoms with E-state index in [-0.39, 0.29) is 33.5 Å². The van der Waals surface area contributed by atoms with Gasteiger partial charge < -0.3 is 9.84 Å². The maximum atomic E-state index is 12.1. The number of methoxy groups -OCH3 is 1. The first-order valence-corrected chi connectivity index (χ1v) is 8.96. The third-order valence-corrected chi connectivity index (χ3v) is 5.13. The lowest BCUT2D eigenvalue weighted by atomic mass is 10.1. The van der Waals surface area contributed by atoms with Crippen LogP contribution in [0.25, 0.3) is 0 Å². The number of hydrazone groups is 1. The zero-order valence-corrected chi connectivity index (χ0v) is 15.0. The number of fused-ring (bicyclic) bond motifs is 1. The van der Waals surface area contributed by atoms with Crippen molar-refractivity contribution >= 4 is 27.8 Å². The number of nitro groups is 1. The van der Waals surface area contributed by atoms with Gasteiger partial charge in [-0.15, -0.1) is 4.40 Å². The molecule has 0 unspecified atom stereocenters. The van der Waals surface area contributed by atoms with Crippen LogP contribution in [0.15, 0.2) is 50.8 Å². The molecule has 0 aliphatic carbocycles. The van der Waals surface area contributed by atoms with Crippen LogP contribution in [-0.2, 0) is 10.0 Å². The van der Waals surface area contributed by atoms with Crippen molar-refractivity contribution in [3.05, 3.63) is 57.6 Å². The molecule has 140 valence electrons. The molecule has 0 saturated carbocycles. The monoisotopic (exact) mass is 390 g/mol. The molecular formula is C16H14N4O6S. The number of sulfonamides is 1. The van der Waals surface area contributed by atoms with E-state index in [2.05, 4.69) is 9.50 Å². The second-order valence-corrected chi connectivity index (χ2v) is 7.07. The van der Waals surface area contributed by atoms with E-state index in [0.29, 0.717) is 5.56 Å². The molecule has 2 aromatic rings. The molecule has 0 aromatic heterocycles. The summed E-state index contributed by atoms with van der Waals surface area (Å²) in [6, 6.07) is 8.50. The van der Waals surface area contributed by atoms with Crippen molar-refractivity contribution in [1.29, 1.82) is 0 Å². The van der Waals surface area contributed by atoms with Crippen LogP contribution < -0.4 is 4.74 Å². The van der Waals surface area contributed by atoms with Crippen molar-refractivity contribution in [1.82, 2.24) is 5.01 Å². The van der Waals surface area contributed by atoms with Crippen molar-refractivity contribution in [2.75, 3.05) is 14.2 Å². The summed E-state index contributed by atoms with van der Waals surface area (Å²) in [6.07, 6.45) is 1.15. The van der Waals surface area contributed by atoms with Crippen molar-refractivity contribution in [2.24, 2.45) is 9.50 Å². The predicted octanol–water partition coefficient (Wildman–Crippen LogP) is 1.72. The molecular weight excluding hydrogens is 376 g/mol. The number of nitro benzene ring substituents is 1. The number of non-ortho nitro benzene ring substituents is 1. The first-order valence-electron chi connectivity index (χ1n) is 7.52. The third kappa shape index (κ3) is 3.31. The Balaban J connectivity index is 1.98. The second kappa shape index (κ2) is 6.68. The number of nitrogens with zero attached hydrogens (tertiary/aromatic N) is 4. The summed E-state index contributed by atoms with van der Waals surface area (Å²) in [5.74, 6) is -0.320. The van der Waals surface area contributed by atoms with Gasteiger partial charge in [0.05, 0.1) is 24.3 Å². The average Bonchev–Trinajstić information content (AvgIpc) is 2.92. The molecule has 11 heteroatoms. The summed E-state index contributed by atoms with van der Waals surface area (Å²) in [5, 5.41) is 26.4. The maximum Gasteiger partial charge on any atom is 0.285 e. The molecule has 3 rings (SSSR count). The Kier molecular flexibility index (Phi) is 4.54. The van der Waals surface area contributed by atoms with Gasteiger partial charge in [-0.05, 0) is 12.1 Å². The van der Waals surface area contributed by atoms with Gasteiger partial charge in [0.25, 0.3) is 15.7 Å². The van der Waals surface area contributed by atoms with Gasteiger partial charge in [-0.3, -0.25) is 10.1 Å². The molecule has 1 N–H and O–H groups in total. The van der Waals surface area contributed by atoms with Crippen LogP contribution >= 0.6 is 0 Å². The molecule has 1 aliphatic heterocycles. The van der Waals surface area contributed by atoms with Gasteiger partial charge in [-0.1, -0.05) is 12.1 Å². The van der Waals surface area contributed by atoms with E-state index < -0.39 is 14.9 Å². The van der Waals surface area contributed by atoms with Crippen molar-refractivity contribution < 1.29 is 23.2 Å². The number of phenols is 1. The number of aromatic hydroxyl groups is 1. The molecule has 0 bridgehead atoms. The molecule has 0 amide bonds. The summed E-state index contributed by atoms with van der Waals surface area (Å²) >= 11 is 0. The van der Waals surface area contributed by atoms with Gasteiger partial charge in [-0.2, -0.15) is 13.5 Å². The first-order chi connectivity index (χ1) is 12.7. The summed E-state index contributed by atoms with van der Waals surface area (Å²) in [7, 11) is -1.07. The predicted molar refractivity (Wildman–Crippen MR) is 96.8 cm³/mol. The molecule has 2 aromatic carbocycles. The molecule has 0 saturated heterocycles. The lowest BCUT2D eigenvalue weighted by molar-refractivity contribution is -0.385. The van der Waals surface area contributed by atoms with E-state index in [4.69, 9.17) is 4.74 Å². The highest BCUT2D eigenvalue weighted by Gasteiger charge is 2.30. The number of hydrogen-bond donors (Lipinski definition) is 1. The lowest BCUT2D eigenvalue weighted by Gasteiger charge is -2.12. The fourth-order valence-corrected chi connectivity index (χ4v) is 3.73. The quantitative estimate of drug-likeness (QED) is 0.477. The van der Waals surface area contributed by atoms with Crippen molar-refractivity contribution in [3.63, 3.8) is 0 Å². The normalized spacial score (nSPS) is 14.7. The summed E-state index contributed by atoms with van der Waals surface area (Å²) in [6.45, 7) is 0. The maximum absolute atomic E-state index is 12.1. The Labute approximate surface area is 154 Å². The second-order valence-electron chi connectivity index (χ2n) is 5.50. The third-order valence-electron chi connectivity index (χ3n) is 3.81. The van der Waals surface area contributed by atoms with E-state index >= 15 is 0 Å². The number of phenolic OH excluding ortho intramolecular Hbond substituents is 1. The topological polar surface area (TPSA) is 135 Å². The summed E-state index contributed by atoms with van der Waals surface area (Å²) in [4.78, 5) is 10.5. The molecule has 0 fully saturated rings. The number of rotatable bonds is 4. The minimum atomic E-state index is -3.81. The summed E-state index contributed by atoms with van der Waals surface area (Å²) < 4.78 is 32.8. The Morgan fingerprint density at radius 3 is 2.70 bits per heavy atom. The highest BCUT2D eigenvalue weighted by atomic mass is 32.2. The van der Waals surface area contributed by atoms with Gasteiger partial charge in [-0.25, -0.2) is 5.01 Å². The Bertz CT molecular complexity index is 1090. The zero-order valence-electron chi connectivity index (χ0n) is 14.2. The fourth-order valence-electron chi connectivity index (χ4n) is 2.50. The van der Waals surface area contributed by atoms with Crippen molar-refractivity contribution in [3.8, 4) is 11.5 Å². The van der Waals surface area contributed by atoms with E-state index in [1.165, 1.54) is 25.2 Å². The lowest BCUT2D eigenvalue weighted by Crippen LogP contribution is -2.21. The van der Waals surface area contributed by atoms with Crippen LogP contribution in [0.3, 0.4) is 0 Å². The van der Waals surface area contributed by atoms with Crippen LogP contribution in [0, 0.1) is 10.1 Å². The highest BCUT2D eigenvalue weighted by Crippen LogP contribution is 2.33. The average molecular weight is 390 g/mol. The van der Waals surface area contributed by atoms with Gasteiger partial charge in [0, 0.05) is 24.2 Å². The summed E-state index contributed by atoms with van der Waals surface area (Å²) in [5.41, 5.74) is 0.125. The van der Waals surface area contributed by atoms with Gasteiger partial charge in [0.15, 0.2) is 17.3 Å². The van der Waals surface area contributed by atoms with Crippen LogP contribution in [0.5, 0.6) is 11.5 Å². The van der Waals surface area contributed by atoms with Gasteiger partial charge in [0.1, 0.15) is 4.90 Å². The van der Waals surface area contributed by atoms with Crippen LogP contribution in [0.2, 0.25) is 0 Å². The molecule has 27 heavy (non-hydrogen) atoms. The minimum Gasteiger partial charge on any atom is -0.504 e. The van der Waals surface area contributed by atoms with Gasteiger partial charge >= 0.3 is 0 Å². The van der Waals surface area contributed by atoms with Crippen molar-refractivity contribution in [2.45, 2.75) is 4.90 Å². The van der Waals surface area contributed by atoms with E-state index in [1.54, 1.807) is 18.2 Å². The molecule has 0 spiro atoms. The number of ether oxygens (including phenoxy) is 1. The van der Waals surface area contributed by atoms with E-state index in [9.17, 15) is 23.6 Å². The minimum absolute atomic E-state index is 0.0302. The SMILES string of the molecule is COc1cc([N+](=O)[O-])cc(/C=N/N(C)C2=NS(=O)(=O)c3ccccc32)c1O. The Hall–Kier alpha value is -3.47. The smallest absolute Gasteiger partial charge is 0.285 e. The molecule has 1 aliphatic rings. The van der Waals surface area contributed by atoms with Crippen LogP contribution in [-0.4, -0.2) is 49.7 Å². The fraction of sp³-hybridized carbons (Fsp3) is 0.125. The van der Waals surface area contributed by atoms with Crippen LogP contribution in [0.4, 0.5) is 5.69 Å². The number of amidine groups is 1. The van der Waals surface area contributed by atoms with E-state index in [1.807, 2.05) is 0 Å². The Morgan fingerprint density at radius 2 is 2.04 bits per heavy atom. The standard InChI is InChI=1S/C16H14N4O6S/c1-19(16-12-5-3-4-6-14(12)27(24,25)18-16)17-9-10-7-11(20(22)23)8-13(26-2)15(10)21/h3-9,21H,1-2H3/b17-9+.